The number of rotatable bonds is 8. The molecule has 0 aliphatic carbocycles. The van der Waals surface area contributed by atoms with Gasteiger partial charge in [-0.2, -0.15) is 8.78 Å². The molecule has 0 atom stereocenters. The smallest absolute Gasteiger partial charge is 0.203 e. The van der Waals surface area contributed by atoms with Crippen molar-refractivity contribution in [3.05, 3.63) is 29.3 Å². The standard InChI is InChI=1S/C13H18F4N2O/c1-19(2)6-3-4-18-5-7-20-13-11(16)9(14)8-10(15)12(13)17/h8,18H,3-7H2,1-2H3. The first-order chi connectivity index (χ1) is 9.43. The first-order valence-corrected chi connectivity index (χ1v) is 6.24. The molecule has 20 heavy (non-hydrogen) atoms. The minimum absolute atomic E-state index is 0.0846. The van der Waals surface area contributed by atoms with Crippen LogP contribution in [0.25, 0.3) is 0 Å². The number of hydrogen-bond donors (Lipinski definition) is 1. The van der Waals surface area contributed by atoms with Gasteiger partial charge in [-0.1, -0.05) is 0 Å². The minimum atomic E-state index is -1.52. The van der Waals surface area contributed by atoms with Crippen LogP contribution in [0, 0.1) is 23.3 Å². The van der Waals surface area contributed by atoms with E-state index in [1.807, 2.05) is 19.0 Å². The van der Waals surface area contributed by atoms with E-state index in [9.17, 15) is 17.6 Å². The Balaban J connectivity index is 2.36. The molecule has 0 aliphatic heterocycles. The monoisotopic (exact) mass is 294 g/mol. The maximum Gasteiger partial charge on any atom is 0.203 e. The summed E-state index contributed by atoms with van der Waals surface area (Å²) < 4.78 is 57.0. The molecule has 0 aromatic heterocycles. The number of nitrogens with one attached hydrogen (secondary N) is 1. The average Bonchev–Trinajstić information content (AvgIpc) is 2.38. The van der Waals surface area contributed by atoms with Crippen LogP contribution in [-0.4, -0.2) is 45.2 Å². The second kappa shape index (κ2) is 8.06. The van der Waals surface area contributed by atoms with Crippen molar-refractivity contribution in [2.24, 2.45) is 0 Å². The van der Waals surface area contributed by atoms with Crippen LogP contribution in [0.5, 0.6) is 5.75 Å². The van der Waals surface area contributed by atoms with Crippen molar-refractivity contribution in [3.63, 3.8) is 0 Å². The molecule has 0 amide bonds. The van der Waals surface area contributed by atoms with Gasteiger partial charge in [-0.25, -0.2) is 8.78 Å². The van der Waals surface area contributed by atoms with Crippen LogP contribution in [0.15, 0.2) is 6.07 Å². The van der Waals surface area contributed by atoms with E-state index in [4.69, 9.17) is 4.74 Å². The molecule has 114 valence electrons. The van der Waals surface area contributed by atoms with Crippen molar-refractivity contribution in [1.82, 2.24) is 10.2 Å². The Hall–Kier alpha value is -1.34. The molecule has 3 nitrogen and oxygen atoms in total. The van der Waals surface area contributed by atoms with Crippen molar-refractivity contribution in [3.8, 4) is 5.75 Å². The Labute approximate surface area is 115 Å². The molecule has 0 aliphatic rings. The second-order valence-electron chi connectivity index (χ2n) is 4.55. The molecule has 0 fully saturated rings. The summed E-state index contributed by atoms with van der Waals surface area (Å²) in [6, 6.07) is 0.150. The average molecular weight is 294 g/mol. The summed E-state index contributed by atoms with van der Waals surface area (Å²) in [5.74, 6) is -7.00. The first-order valence-electron chi connectivity index (χ1n) is 6.24. The summed E-state index contributed by atoms with van der Waals surface area (Å²) >= 11 is 0. The van der Waals surface area contributed by atoms with Crippen LogP contribution in [0.4, 0.5) is 17.6 Å². The minimum Gasteiger partial charge on any atom is -0.486 e. The maximum absolute atomic E-state index is 13.2. The summed E-state index contributed by atoms with van der Waals surface area (Å²) in [6.45, 7) is 1.86. The van der Waals surface area contributed by atoms with E-state index in [0.717, 1.165) is 13.0 Å². The van der Waals surface area contributed by atoms with Gasteiger partial charge in [0.25, 0.3) is 0 Å². The Bertz CT molecular complexity index is 415. The van der Waals surface area contributed by atoms with E-state index < -0.39 is 29.0 Å². The molecule has 7 heteroatoms. The highest BCUT2D eigenvalue weighted by atomic mass is 19.2. The lowest BCUT2D eigenvalue weighted by molar-refractivity contribution is 0.269. The molecule has 0 unspecified atom stereocenters. The molecule has 0 bridgehead atoms. The van der Waals surface area contributed by atoms with Crippen LogP contribution in [0.3, 0.4) is 0 Å². The molecular formula is C13H18F4N2O. The van der Waals surface area contributed by atoms with Gasteiger partial charge in [-0.15, -0.1) is 0 Å². The third-order valence-electron chi connectivity index (χ3n) is 2.56. The number of hydrogen-bond acceptors (Lipinski definition) is 3. The fourth-order valence-electron chi connectivity index (χ4n) is 1.55. The van der Waals surface area contributed by atoms with Crippen LogP contribution < -0.4 is 10.1 Å². The normalized spacial score (nSPS) is 11.2. The van der Waals surface area contributed by atoms with Gasteiger partial charge in [-0.05, 0) is 33.6 Å². The number of ether oxygens (including phenoxy) is 1. The Morgan fingerprint density at radius 1 is 1.05 bits per heavy atom. The zero-order chi connectivity index (χ0) is 15.1. The van der Waals surface area contributed by atoms with Crippen molar-refractivity contribution < 1.29 is 22.3 Å². The van der Waals surface area contributed by atoms with Gasteiger partial charge in [0.1, 0.15) is 6.61 Å². The highest BCUT2D eigenvalue weighted by Crippen LogP contribution is 2.26. The van der Waals surface area contributed by atoms with Crippen LogP contribution in [0.1, 0.15) is 6.42 Å². The molecule has 1 rings (SSSR count). The highest BCUT2D eigenvalue weighted by molar-refractivity contribution is 5.28. The van der Waals surface area contributed by atoms with E-state index in [1.54, 1.807) is 0 Å². The van der Waals surface area contributed by atoms with Gasteiger partial charge >= 0.3 is 0 Å². The summed E-state index contributed by atoms with van der Waals surface area (Å²) in [5.41, 5.74) is 0. The van der Waals surface area contributed by atoms with Crippen molar-refractivity contribution in [2.75, 3.05) is 40.3 Å². The second-order valence-corrected chi connectivity index (χ2v) is 4.55. The van der Waals surface area contributed by atoms with E-state index in [0.29, 0.717) is 13.1 Å². The predicted molar refractivity (Wildman–Crippen MR) is 67.8 cm³/mol. The summed E-state index contributed by atoms with van der Waals surface area (Å²) in [6.07, 6.45) is 0.907. The van der Waals surface area contributed by atoms with Crippen LogP contribution in [0.2, 0.25) is 0 Å². The highest BCUT2D eigenvalue weighted by Gasteiger charge is 2.20. The lowest BCUT2D eigenvalue weighted by Crippen LogP contribution is -2.25. The van der Waals surface area contributed by atoms with Gasteiger partial charge in [-0.3, -0.25) is 0 Å². The molecule has 0 saturated heterocycles. The number of benzene rings is 1. The lowest BCUT2D eigenvalue weighted by atomic mass is 10.3. The molecule has 0 saturated carbocycles. The summed E-state index contributed by atoms with van der Waals surface area (Å²) in [7, 11) is 3.90. The molecule has 0 spiro atoms. The van der Waals surface area contributed by atoms with Crippen molar-refractivity contribution >= 4 is 0 Å². The van der Waals surface area contributed by atoms with Gasteiger partial charge in [0, 0.05) is 12.6 Å². The Kier molecular flexibility index (Phi) is 6.74. The van der Waals surface area contributed by atoms with Crippen LogP contribution in [-0.2, 0) is 0 Å². The van der Waals surface area contributed by atoms with E-state index >= 15 is 0 Å². The third-order valence-corrected chi connectivity index (χ3v) is 2.56. The van der Waals surface area contributed by atoms with Gasteiger partial charge < -0.3 is 15.0 Å². The lowest BCUT2D eigenvalue weighted by Gasteiger charge is -2.11. The predicted octanol–water partition coefficient (Wildman–Crippen LogP) is 2.16. The number of halogens is 4. The molecule has 1 aromatic carbocycles. The molecule has 1 N–H and O–H groups in total. The van der Waals surface area contributed by atoms with Crippen molar-refractivity contribution in [2.45, 2.75) is 6.42 Å². The van der Waals surface area contributed by atoms with E-state index in [2.05, 4.69) is 5.32 Å². The van der Waals surface area contributed by atoms with Crippen molar-refractivity contribution in [1.29, 1.82) is 0 Å². The Morgan fingerprint density at radius 2 is 1.65 bits per heavy atom. The number of nitrogens with zero attached hydrogens (tertiary/aromatic N) is 1. The third kappa shape index (κ3) is 4.97. The molecule has 0 radical (unpaired) electrons. The quantitative estimate of drug-likeness (QED) is 0.452. The summed E-state index contributed by atoms with van der Waals surface area (Å²) in [5, 5.41) is 3.00. The maximum atomic E-state index is 13.2. The Morgan fingerprint density at radius 3 is 2.20 bits per heavy atom. The SMILES string of the molecule is CN(C)CCCNCCOc1c(F)c(F)cc(F)c1F. The fraction of sp³-hybridized carbons (Fsp3) is 0.538. The van der Waals surface area contributed by atoms with Gasteiger partial charge in [0.05, 0.1) is 0 Å². The zero-order valence-corrected chi connectivity index (χ0v) is 11.5. The zero-order valence-electron chi connectivity index (χ0n) is 11.5. The first kappa shape index (κ1) is 16.7. The molecule has 1 aromatic rings. The fourth-order valence-corrected chi connectivity index (χ4v) is 1.55. The summed E-state index contributed by atoms with van der Waals surface area (Å²) in [4.78, 5) is 2.03. The van der Waals surface area contributed by atoms with Gasteiger partial charge in [0.15, 0.2) is 17.4 Å². The van der Waals surface area contributed by atoms with Crippen LogP contribution >= 0.6 is 0 Å². The topological polar surface area (TPSA) is 24.5 Å². The molecule has 0 heterocycles. The van der Waals surface area contributed by atoms with E-state index in [1.165, 1.54) is 0 Å². The van der Waals surface area contributed by atoms with Gasteiger partial charge in [0.2, 0.25) is 11.6 Å². The van der Waals surface area contributed by atoms with E-state index in [-0.39, 0.29) is 12.7 Å². The molecular weight excluding hydrogens is 276 g/mol. The largest absolute Gasteiger partial charge is 0.486 e.